The molecule has 2 aliphatic rings. The molecule has 43 heavy (non-hydrogen) atoms. The normalized spacial score (nSPS) is 17.2. The molecule has 2 aliphatic heterocycles. The van der Waals surface area contributed by atoms with E-state index in [9.17, 15) is 14.7 Å². The van der Waals surface area contributed by atoms with Crippen LogP contribution in [0.3, 0.4) is 0 Å². The van der Waals surface area contributed by atoms with Crippen LogP contribution in [0.5, 0.6) is 0 Å². The van der Waals surface area contributed by atoms with E-state index in [1.165, 1.54) is 24.7 Å². The Kier molecular flexibility index (Phi) is 7.73. The number of hydrogen-bond donors (Lipinski definition) is 3. The largest absolute Gasteiger partial charge is 0.477 e. The Labute approximate surface area is 248 Å². The molecule has 0 bridgehead atoms. The molecule has 4 aromatic rings. The standard InChI is InChI=1S/C32H34N6O5/c1-42-19-23-5-4-12-37(23)32-35-26-8-7-22(14-30(26)43-32)38-18-25(31(40)41)29(39)15-28(38)20-6-9-27(36-10-2-3-11-36)24(13-20)21(16-33)17-34/h6-9,13-18,23,33H,2-5,10-12,19,34H2,1H3,(H,40,41)/b21-17+,33-16?. The summed E-state index contributed by atoms with van der Waals surface area (Å²) in [4.78, 5) is 34.1. The summed E-state index contributed by atoms with van der Waals surface area (Å²) < 4.78 is 13.3. The molecule has 2 saturated heterocycles. The molecule has 2 fully saturated rings. The zero-order valence-corrected chi connectivity index (χ0v) is 24.0. The summed E-state index contributed by atoms with van der Waals surface area (Å²) in [5.41, 5.74) is 10.2. The summed E-state index contributed by atoms with van der Waals surface area (Å²) in [6.45, 7) is 3.22. The van der Waals surface area contributed by atoms with Gasteiger partial charge >= 0.3 is 5.97 Å². The Morgan fingerprint density at radius 1 is 1.14 bits per heavy atom. The lowest BCUT2D eigenvalue weighted by Crippen LogP contribution is -2.32. The molecule has 0 saturated carbocycles. The molecular formula is C32H34N6O5. The Balaban J connectivity index is 1.49. The van der Waals surface area contributed by atoms with Crippen molar-refractivity contribution >= 4 is 40.6 Å². The monoisotopic (exact) mass is 582 g/mol. The average molecular weight is 583 g/mol. The van der Waals surface area contributed by atoms with Crippen LogP contribution in [-0.4, -0.2) is 66.2 Å². The smallest absolute Gasteiger partial charge is 0.341 e. The van der Waals surface area contributed by atoms with Crippen LogP contribution in [0, 0.1) is 5.41 Å². The SMILES string of the molecule is COCC1CCCN1c1nc2ccc(-n3cc(C(=O)O)c(=O)cc3-c3ccc(N4CCCC4)c(/C(C=N)=C/N)c3)cc2o1. The summed E-state index contributed by atoms with van der Waals surface area (Å²) in [5.74, 6) is -1.31. The summed E-state index contributed by atoms with van der Waals surface area (Å²) in [7, 11) is 1.68. The van der Waals surface area contributed by atoms with Gasteiger partial charge in [0.15, 0.2) is 11.0 Å². The Morgan fingerprint density at radius 2 is 1.95 bits per heavy atom. The fourth-order valence-corrected chi connectivity index (χ4v) is 6.13. The first kappa shape index (κ1) is 28.2. The van der Waals surface area contributed by atoms with Crippen molar-refractivity contribution in [3.05, 3.63) is 76.2 Å². The number of hydrogen-bond acceptors (Lipinski definition) is 9. The van der Waals surface area contributed by atoms with Gasteiger partial charge in [0.2, 0.25) is 0 Å². The number of carboxylic acid groups (broad SMARTS) is 1. The number of pyridine rings is 1. The third-order valence-corrected chi connectivity index (χ3v) is 8.29. The Morgan fingerprint density at radius 3 is 2.67 bits per heavy atom. The number of nitrogens with two attached hydrogens (primary N) is 1. The van der Waals surface area contributed by atoms with E-state index in [0.717, 1.165) is 56.6 Å². The first-order valence-electron chi connectivity index (χ1n) is 14.4. The van der Waals surface area contributed by atoms with Crippen LogP contribution in [0.15, 0.2) is 64.1 Å². The number of allylic oxidation sites excluding steroid dienone is 1. The van der Waals surface area contributed by atoms with Gasteiger partial charge in [0.05, 0.1) is 18.3 Å². The molecule has 4 heterocycles. The van der Waals surface area contributed by atoms with Gasteiger partial charge in [-0.15, -0.1) is 0 Å². The van der Waals surface area contributed by atoms with E-state index in [1.807, 2.05) is 30.3 Å². The third-order valence-electron chi connectivity index (χ3n) is 8.29. The van der Waals surface area contributed by atoms with Crippen LogP contribution in [-0.2, 0) is 4.74 Å². The van der Waals surface area contributed by atoms with E-state index in [0.29, 0.717) is 46.2 Å². The molecule has 6 rings (SSSR count). The maximum absolute atomic E-state index is 13.0. The van der Waals surface area contributed by atoms with E-state index in [1.54, 1.807) is 17.7 Å². The highest BCUT2D eigenvalue weighted by atomic mass is 16.5. The van der Waals surface area contributed by atoms with Crippen molar-refractivity contribution in [1.29, 1.82) is 5.41 Å². The van der Waals surface area contributed by atoms with E-state index >= 15 is 0 Å². The number of methoxy groups -OCH3 is 1. The maximum Gasteiger partial charge on any atom is 0.341 e. The number of aromatic carboxylic acids is 1. The lowest BCUT2D eigenvalue weighted by Gasteiger charge is -2.23. The van der Waals surface area contributed by atoms with Gasteiger partial charge in [-0.2, -0.15) is 4.98 Å². The van der Waals surface area contributed by atoms with Crippen molar-refractivity contribution in [3.63, 3.8) is 0 Å². The first-order chi connectivity index (χ1) is 20.9. The minimum Gasteiger partial charge on any atom is -0.477 e. The molecule has 0 amide bonds. The number of nitrogens with one attached hydrogen (secondary N) is 1. The van der Waals surface area contributed by atoms with Gasteiger partial charge in [-0.1, -0.05) is 6.07 Å². The zero-order valence-electron chi connectivity index (χ0n) is 24.0. The van der Waals surface area contributed by atoms with Crippen LogP contribution >= 0.6 is 0 Å². The van der Waals surface area contributed by atoms with E-state index in [2.05, 4.69) is 9.80 Å². The number of carboxylic acids is 1. The Bertz CT molecular complexity index is 1780. The number of oxazole rings is 1. The topological polar surface area (TPSA) is 151 Å². The summed E-state index contributed by atoms with van der Waals surface area (Å²) >= 11 is 0. The maximum atomic E-state index is 13.0. The van der Waals surface area contributed by atoms with Crippen molar-refractivity contribution in [2.24, 2.45) is 5.73 Å². The number of aromatic nitrogens is 2. The van der Waals surface area contributed by atoms with Crippen molar-refractivity contribution in [2.45, 2.75) is 31.7 Å². The van der Waals surface area contributed by atoms with Crippen molar-refractivity contribution in [3.8, 4) is 16.9 Å². The van der Waals surface area contributed by atoms with Crippen molar-refractivity contribution in [2.75, 3.05) is 43.2 Å². The molecule has 1 unspecified atom stereocenters. The summed E-state index contributed by atoms with van der Waals surface area (Å²) in [6, 6.07) is 13.3. The second-order valence-corrected chi connectivity index (χ2v) is 10.9. The number of carbonyl (C=O) groups is 1. The molecule has 11 nitrogen and oxygen atoms in total. The minimum absolute atomic E-state index is 0.187. The van der Waals surface area contributed by atoms with Crippen LogP contribution < -0.4 is 21.0 Å². The predicted molar refractivity (Wildman–Crippen MR) is 167 cm³/mol. The molecule has 0 radical (unpaired) electrons. The summed E-state index contributed by atoms with van der Waals surface area (Å²) in [6.07, 6.45) is 8.15. The Hall–Kier alpha value is -4.90. The van der Waals surface area contributed by atoms with Crippen LogP contribution in [0.25, 0.3) is 33.6 Å². The van der Waals surface area contributed by atoms with Gasteiger partial charge in [0.25, 0.3) is 6.01 Å². The van der Waals surface area contributed by atoms with Crippen molar-refractivity contribution < 1.29 is 19.1 Å². The molecule has 1 atom stereocenters. The number of nitrogens with zero attached hydrogens (tertiary/aromatic N) is 4. The fourth-order valence-electron chi connectivity index (χ4n) is 6.13. The quantitative estimate of drug-likeness (QED) is 0.242. The van der Waals surface area contributed by atoms with Gasteiger partial charge in [-0.05, 0) is 55.5 Å². The summed E-state index contributed by atoms with van der Waals surface area (Å²) in [5, 5.41) is 17.8. The van der Waals surface area contributed by atoms with Crippen LogP contribution in [0.1, 0.15) is 41.6 Å². The van der Waals surface area contributed by atoms with Gasteiger partial charge in [0.1, 0.15) is 11.1 Å². The molecule has 2 aromatic carbocycles. The highest BCUT2D eigenvalue weighted by Gasteiger charge is 2.28. The van der Waals surface area contributed by atoms with E-state index in [4.69, 9.17) is 25.3 Å². The number of anilines is 2. The zero-order chi connectivity index (χ0) is 30.1. The second-order valence-electron chi connectivity index (χ2n) is 10.9. The number of benzene rings is 2. The van der Waals surface area contributed by atoms with Gasteiger partial charge in [-0.3, -0.25) is 4.79 Å². The second kappa shape index (κ2) is 11.8. The molecule has 222 valence electrons. The fraction of sp³-hybridized carbons (Fsp3) is 0.312. The van der Waals surface area contributed by atoms with Crippen LogP contribution in [0.2, 0.25) is 0 Å². The molecule has 0 aliphatic carbocycles. The number of ether oxygens (including phenoxy) is 1. The van der Waals surface area contributed by atoms with Crippen molar-refractivity contribution in [1.82, 2.24) is 9.55 Å². The van der Waals surface area contributed by atoms with E-state index < -0.39 is 11.4 Å². The number of fused-ring (bicyclic) bond motifs is 1. The van der Waals surface area contributed by atoms with Crippen LogP contribution in [0.4, 0.5) is 11.7 Å². The molecular weight excluding hydrogens is 548 g/mol. The molecule has 0 spiro atoms. The van der Waals surface area contributed by atoms with Gasteiger partial charge in [0, 0.05) is 80.0 Å². The lowest BCUT2D eigenvalue weighted by molar-refractivity contribution is 0.0695. The van der Waals surface area contributed by atoms with E-state index in [-0.39, 0.29) is 11.6 Å². The highest BCUT2D eigenvalue weighted by molar-refractivity contribution is 6.11. The lowest BCUT2D eigenvalue weighted by atomic mass is 9.99. The molecule has 2 aromatic heterocycles. The van der Waals surface area contributed by atoms with Gasteiger partial charge < -0.3 is 39.8 Å². The van der Waals surface area contributed by atoms with Gasteiger partial charge in [-0.25, -0.2) is 4.79 Å². The number of rotatable bonds is 9. The molecule has 4 N–H and O–H groups in total. The third kappa shape index (κ3) is 5.27. The predicted octanol–water partition coefficient (Wildman–Crippen LogP) is 4.51. The average Bonchev–Trinajstić information content (AvgIpc) is 3.78. The highest BCUT2D eigenvalue weighted by Crippen LogP contribution is 2.35. The molecule has 11 heteroatoms. The minimum atomic E-state index is -1.31. The first-order valence-corrected chi connectivity index (χ1v) is 14.4.